The summed E-state index contributed by atoms with van der Waals surface area (Å²) in [4.78, 5) is 10.7. The molecule has 0 atom stereocenters. The molecule has 0 bridgehead atoms. The molecule has 0 radical (unpaired) electrons. The van der Waals surface area contributed by atoms with Crippen molar-refractivity contribution in [3.8, 4) is 16.9 Å². The van der Waals surface area contributed by atoms with E-state index in [-0.39, 0.29) is 0 Å². The number of carbonyl (C=O) groups excluding carboxylic acids is 1. The predicted octanol–water partition coefficient (Wildman–Crippen LogP) is 3.79. The number of hydrogen-bond acceptors (Lipinski definition) is 2. The number of methoxy groups -OCH3 is 1. The van der Waals surface area contributed by atoms with Crippen LogP contribution in [0, 0.1) is 13.8 Å². The van der Waals surface area contributed by atoms with E-state index in [1.165, 1.54) is 0 Å². The molecule has 0 saturated carbocycles. The molecule has 0 aliphatic heterocycles. The number of aryl methyl sites for hydroxylation is 2. The number of aldehydes is 1. The maximum Gasteiger partial charge on any atom is 0.150 e. The van der Waals surface area contributed by atoms with E-state index in [4.69, 9.17) is 4.74 Å². The van der Waals surface area contributed by atoms with E-state index in [1.807, 2.05) is 44.2 Å². The monoisotopic (exact) mass is 240 g/mol. The van der Waals surface area contributed by atoms with Gasteiger partial charge in [-0.1, -0.05) is 18.2 Å². The molecule has 2 rings (SSSR count). The van der Waals surface area contributed by atoms with Crippen molar-refractivity contribution >= 4 is 6.29 Å². The molecule has 18 heavy (non-hydrogen) atoms. The molecular formula is C16H16O2. The van der Waals surface area contributed by atoms with Gasteiger partial charge >= 0.3 is 0 Å². The van der Waals surface area contributed by atoms with Gasteiger partial charge in [-0.05, 0) is 54.3 Å². The average Bonchev–Trinajstić information content (AvgIpc) is 2.38. The molecule has 92 valence electrons. The second kappa shape index (κ2) is 5.05. The van der Waals surface area contributed by atoms with Crippen LogP contribution in [0.1, 0.15) is 21.5 Å². The molecule has 0 spiro atoms. The molecular weight excluding hydrogens is 224 g/mol. The van der Waals surface area contributed by atoms with Crippen molar-refractivity contribution in [3.05, 3.63) is 53.1 Å². The molecule has 0 saturated heterocycles. The van der Waals surface area contributed by atoms with Gasteiger partial charge in [0.25, 0.3) is 0 Å². The van der Waals surface area contributed by atoms with Crippen molar-refractivity contribution < 1.29 is 9.53 Å². The Kier molecular flexibility index (Phi) is 3.47. The van der Waals surface area contributed by atoms with E-state index in [0.29, 0.717) is 5.56 Å². The van der Waals surface area contributed by atoms with Crippen molar-refractivity contribution in [1.82, 2.24) is 0 Å². The van der Waals surface area contributed by atoms with E-state index in [2.05, 4.69) is 6.07 Å². The molecule has 0 aromatic heterocycles. The first-order valence-electron chi connectivity index (χ1n) is 5.86. The summed E-state index contributed by atoms with van der Waals surface area (Å²) in [5.74, 6) is 0.890. The van der Waals surface area contributed by atoms with Crippen molar-refractivity contribution in [2.45, 2.75) is 13.8 Å². The van der Waals surface area contributed by atoms with E-state index in [1.54, 1.807) is 7.11 Å². The van der Waals surface area contributed by atoms with Crippen LogP contribution >= 0.6 is 0 Å². The third kappa shape index (κ3) is 2.28. The first-order chi connectivity index (χ1) is 8.65. The zero-order valence-electron chi connectivity index (χ0n) is 10.9. The minimum absolute atomic E-state index is 0.710. The van der Waals surface area contributed by atoms with E-state index in [9.17, 15) is 4.79 Å². The number of benzene rings is 2. The Bertz CT molecular complexity index is 586. The number of hydrogen-bond donors (Lipinski definition) is 0. The smallest absolute Gasteiger partial charge is 0.150 e. The molecule has 2 aromatic rings. The summed E-state index contributed by atoms with van der Waals surface area (Å²) in [7, 11) is 1.67. The number of ether oxygens (including phenoxy) is 1. The van der Waals surface area contributed by atoms with Crippen LogP contribution < -0.4 is 4.74 Å². The van der Waals surface area contributed by atoms with Crippen molar-refractivity contribution in [1.29, 1.82) is 0 Å². The van der Waals surface area contributed by atoms with Gasteiger partial charge in [0, 0.05) is 5.56 Å². The Morgan fingerprint density at radius 2 is 1.78 bits per heavy atom. The van der Waals surface area contributed by atoms with Crippen molar-refractivity contribution in [3.63, 3.8) is 0 Å². The second-order valence-electron chi connectivity index (χ2n) is 4.38. The van der Waals surface area contributed by atoms with Gasteiger partial charge in [-0.2, -0.15) is 0 Å². The Balaban J connectivity index is 2.48. The SMILES string of the molecule is COc1ccc(-c2ccc(C=O)cc2C)cc1C. The zero-order valence-corrected chi connectivity index (χ0v) is 10.9. The molecule has 0 aliphatic rings. The van der Waals surface area contributed by atoms with Crippen molar-refractivity contribution in [2.24, 2.45) is 0 Å². The highest BCUT2D eigenvalue weighted by Gasteiger charge is 2.05. The van der Waals surface area contributed by atoms with Crippen LogP contribution in [0.4, 0.5) is 0 Å². The summed E-state index contributed by atoms with van der Waals surface area (Å²) in [6.45, 7) is 4.04. The first kappa shape index (κ1) is 12.4. The van der Waals surface area contributed by atoms with Gasteiger partial charge < -0.3 is 4.74 Å². The summed E-state index contributed by atoms with van der Waals surface area (Å²) >= 11 is 0. The highest BCUT2D eigenvalue weighted by atomic mass is 16.5. The maximum absolute atomic E-state index is 10.7. The van der Waals surface area contributed by atoms with Gasteiger partial charge in [0.15, 0.2) is 0 Å². The number of rotatable bonds is 3. The van der Waals surface area contributed by atoms with E-state index < -0.39 is 0 Å². The summed E-state index contributed by atoms with van der Waals surface area (Å²) in [6.07, 6.45) is 0.871. The molecule has 2 nitrogen and oxygen atoms in total. The Morgan fingerprint density at radius 1 is 1.00 bits per heavy atom. The molecule has 0 fully saturated rings. The third-order valence-electron chi connectivity index (χ3n) is 3.09. The van der Waals surface area contributed by atoms with Crippen LogP contribution in [0.5, 0.6) is 5.75 Å². The maximum atomic E-state index is 10.7. The third-order valence-corrected chi connectivity index (χ3v) is 3.09. The second-order valence-corrected chi connectivity index (χ2v) is 4.38. The van der Waals surface area contributed by atoms with E-state index >= 15 is 0 Å². The zero-order chi connectivity index (χ0) is 13.1. The fourth-order valence-electron chi connectivity index (χ4n) is 2.13. The highest BCUT2D eigenvalue weighted by Crippen LogP contribution is 2.28. The molecule has 2 aromatic carbocycles. The Hall–Kier alpha value is -2.09. The Labute approximate surface area is 107 Å². The van der Waals surface area contributed by atoms with Gasteiger partial charge in [0.1, 0.15) is 12.0 Å². The van der Waals surface area contributed by atoms with Crippen LogP contribution in [-0.4, -0.2) is 13.4 Å². The molecule has 0 aliphatic carbocycles. The molecule has 0 unspecified atom stereocenters. The minimum Gasteiger partial charge on any atom is -0.496 e. The predicted molar refractivity (Wildman–Crippen MR) is 73.3 cm³/mol. The average molecular weight is 240 g/mol. The lowest BCUT2D eigenvalue weighted by Crippen LogP contribution is -1.90. The number of carbonyl (C=O) groups is 1. The summed E-state index contributed by atoms with van der Waals surface area (Å²) < 4.78 is 5.26. The van der Waals surface area contributed by atoms with Gasteiger partial charge in [0.2, 0.25) is 0 Å². The van der Waals surface area contributed by atoms with Crippen LogP contribution in [0.2, 0.25) is 0 Å². The standard InChI is InChI=1S/C16H16O2/c1-11-8-13(10-17)4-6-15(11)14-5-7-16(18-3)12(2)9-14/h4-10H,1-3H3. The first-order valence-corrected chi connectivity index (χ1v) is 5.86. The molecule has 0 N–H and O–H groups in total. The highest BCUT2D eigenvalue weighted by molar-refractivity contribution is 5.78. The molecule has 2 heteroatoms. The fraction of sp³-hybridized carbons (Fsp3) is 0.188. The largest absolute Gasteiger partial charge is 0.496 e. The quantitative estimate of drug-likeness (QED) is 0.763. The van der Waals surface area contributed by atoms with Gasteiger partial charge in [-0.15, -0.1) is 0 Å². The summed E-state index contributed by atoms with van der Waals surface area (Å²) in [5, 5.41) is 0. The fourth-order valence-corrected chi connectivity index (χ4v) is 2.13. The van der Waals surface area contributed by atoms with Crippen molar-refractivity contribution in [2.75, 3.05) is 7.11 Å². The van der Waals surface area contributed by atoms with Gasteiger partial charge in [0.05, 0.1) is 7.11 Å². The minimum atomic E-state index is 0.710. The lowest BCUT2D eigenvalue weighted by Gasteiger charge is -2.10. The van der Waals surface area contributed by atoms with Gasteiger partial charge in [-0.3, -0.25) is 4.79 Å². The van der Waals surface area contributed by atoms with Crippen LogP contribution in [0.15, 0.2) is 36.4 Å². The summed E-state index contributed by atoms with van der Waals surface area (Å²) in [6, 6.07) is 11.8. The van der Waals surface area contributed by atoms with E-state index in [0.717, 1.165) is 34.3 Å². The lowest BCUT2D eigenvalue weighted by atomic mass is 9.97. The van der Waals surface area contributed by atoms with Gasteiger partial charge in [-0.25, -0.2) is 0 Å². The normalized spacial score (nSPS) is 10.2. The van der Waals surface area contributed by atoms with Crippen LogP contribution in [0.25, 0.3) is 11.1 Å². The van der Waals surface area contributed by atoms with Crippen LogP contribution in [0.3, 0.4) is 0 Å². The molecule has 0 heterocycles. The molecule has 0 amide bonds. The lowest BCUT2D eigenvalue weighted by molar-refractivity contribution is 0.112. The summed E-state index contributed by atoms with van der Waals surface area (Å²) in [5.41, 5.74) is 5.20. The topological polar surface area (TPSA) is 26.3 Å². The van der Waals surface area contributed by atoms with Crippen LogP contribution in [-0.2, 0) is 0 Å². The Morgan fingerprint density at radius 3 is 2.33 bits per heavy atom.